The Kier molecular flexibility index (Phi) is 3.58. The Bertz CT molecular complexity index is 540. The topological polar surface area (TPSA) is 9.23 Å². The molecule has 1 aliphatic heterocycles. The standard InChI is InChI=1S/C20H31OPS/c1-18-10-4-3-5-14(18)6-7-15-16(18)8-11-19(2)17(15)9-12-20(19)13-21-22-23-20/h5,15-17,22H,3-4,6-13H2,1-2H3/t15-,16+,17+,18+,19+,20?/m1/s1. The van der Waals surface area contributed by atoms with Crippen LogP contribution in [-0.2, 0) is 4.52 Å². The number of allylic oxidation sites excluding steroid dienone is 2. The molecule has 0 aromatic heterocycles. The number of hydrogen-bond acceptors (Lipinski definition) is 2. The average molecular weight is 351 g/mol. The second kappa shape index (κ2) is 5.24. The number of hydrogen-bond donors (Lipinski definition) is 0. The summed E-state index contributed by atoms with van der Waals surface area (Å²) in [4.78, 5) is 0. The van der Waals surface area contributed by atoms with Crippen LogP contribution in [0.2, 0.25) is 0 Å². The highest BCUT2D eigenvalue weighted by molar-refractivity contribution is 8.49. The van der Waals surface area contributed by atoms with E-state index in [0.29, 0.717) is 23.6 Å². The van der Waals surface area contributed by atoms with Crippen molar-refractivity contribution in [3.05, 3.63) is 11.6 Å². The van der Waals surface area contributed by atoms with E-state index in [9.17, 15) is 0 Å². The van der Waals surface area contributed by atoms with Gasteiger partial charge < -0.3 is 4.52 Å². The molecule has 7 atom stereocenters. The Morgan fingerprint density at radius 2 is 2.00 bits per heavy atom. The van der Waals surface area contributed by atoms with Crippen LogP contribution >= 0.6 is 19.4 Å². The molecular formula is C20H31OPS. The van der Waals surface area contributed by atoms with E-state index in [4.69, 9.17) is 4.52 Å². The molecule has 4 aliphatic carbocycles. The van der Waals surface area contributed by atoms with E-state index in [-0.39, 0.29) is 0 Å². The first-order chi connectivity index (χ1) is 11.1. The van der Waals surface area contributed by atoms with Gasteiger partial charge in [-0.25, -0.2) is 0 Å². The summed E-state index contributed by atoms with van der Waals surface area (Å²) in [6.45, 7) is 6.33. The van der Waals surface area contributed by atoms with Gasteiger partial charge in [0.15, 0.2) is 0 Å². The van der Waals surface area contributed by atoms with Crippen LogP contribution in [0.1, 0.15) is 71.6 Å². The normalized spacial score (nSPS) is 56.3. The van der Waals surface area contributed by atoms with Crippen molar-refractivity contribution in [2.75, 3.05) is 6.61 Å². The van der Waals surface area contributed by atoms with Crippen LogP contribution in [-0.4, -0.2) is 11.4 Å². The molecule has 0 aromatic carbocycles. The lowest BCUT2D eigenvalue weighted by atomic mass is 9.47. The van der Waals surface area contributed by atoms with Crippen LogP contribution in [0.5, 0.6) is 0 Å². The van der Waals surface area contributed by atoms with E-state index in [0.717, 1.165) is 24.4 Å². The first-order valence-corrected chi connectivity index (χ1v) is 12.3. The highest BCUT2D eigenvalue weighted by Crippen LogP contribution is 2.73. The van der Waals surface area contributed by atoms with E-state index >= 15 is 0 Å². The van der Waals surface area contributed by atoms with Gasteiger partial charge in [0, 0.05) is 0 Å². The van der Waals surface area contributed by atoms with Gasteiger partial charge in [-0.3, -0.25) is 0 Å². The van der Waals surface area contributed by atoms with Crippen LogP contribution in [0.3, 0.4) is 0 Å². The molecule has 0 amide bonds. The summed E-state index contributed by atoms with van der Waals surface area (Å²) in [5.74, 6) is 2.95. The molecule has 23 heavy (non-hydrogen) atoms. The molecule has 5 rings (SSSR count). The Morgan fingerprint density at radius 3 is 2.83 bits per heavy atom. The summed E-state index contributed by atoms with van der Waals surface area (Å²) in [5.41, 5.74) is 2.95. The minimum atomic E-state index is 0.477. The van der Waals surface area contributed by atoms with Crippen molar-refractivity contribution >= 4 is 19.4 Å². The van der Waals surface area contributed by atoms with Crippen molar-refractivity contribution in [3.63, 3.8) is 0 Å². The molecular weight excluding hydrogens is 319 g/mol. The lowest BCUT2D eigenvalue weighted by Gasteiger charge is -2.59. The van der Waals surface area contributed by atoms with Crippen molar-refractivity contribution < 1.29 is 4.52 Å². The van der Waals surface area contributed by atoms with Crippen LogP contribution in [0.15, 0.2) is 11.6 Å². The zero-order chi connectivity index (χ0) is 15.7. The van der Waals surface area contributed by atoms with Gasteiger partial charge in [0.2, 0.25) is 0 Å². The summed E-state index contributed by atoms with van der Waals surface area (Å²) in [6, 6.07) is 0. The Morgan fingerprint density at radius 1 is 1.13 bits per heavy atom. The Hall–Kier alpha value is 0.480. The third kappa shape index (κ3) is 1.95. The summed E-state index contributed by atoms with van der Waals surface area (Å²) in [5, 5.41) is 0. The Balaban J connectivity index is 1.50. The maximum Gasteiger partial charge on any atom is 0.0751 e. The molecule has 2 unspecified atom stereocenters. The predicted octanol–water partition coefficient (Wildman–Crippen LogP) is 6.35. The smallest absolute Gasteiger partial charge is 0.0751 e. The summed E-state index contributed by atoms with van der Waals surface area (Å²) < 4.78 is 6.40. The predicted molar refractivity (Wildman–Crippen MR) is 101 cm³/mol. The van der Waals surface area contributed by atoms with Crippen molar-refractivity contribution in [2.24, 2.45) is 28.6 Å². The highest BCUT2D eigenvalue weighted by Gasteiger charge is 2.65. The van der Waals surface area contributed by atoms with Gasteiger partial charge in [0.1, 0.15) is 0 Å². The molecule has 128 valence electrons. The number of rotatable bonds is 0. The molecule has 1 spiro atoms. The molecule has 0 bridgehead atoms. The van der Waals surface area contributed by atoms with Crippen LogP contribution < -0.4 is 0 Å². The van der Waals surface area contributed by atoms with Gasteiger partial charge in [-0.15, -0.1) is 0 Å². The summed E-state index contributed by atoms with van der Waals surface area (Å²) in [6.07, 6.45) is 15.6. The van der Waals surface area contributed by atoms with E-state index in [2.05, 4.69) is 31.3 Å². The molecule has 3 saturated carbocycles. The minimum absolute atomic E-state index is 0.477. The zero-order valence-corrected chi connectivity index (χ0v) is 16.5. The van der Waals surface area contributed by atoms with E-state index in [1.807, 2.05) is 5.57 Å². The van der Waals surface area contributed by atoms with E-state index < -0.39 is 0 Å². The quantitative estimate of drug-likeness (QED) is 0.372. The van der Waals surface area contributed by atoms with Gasteiger partial charge in [-0.1, -0.05) is 36.9 Å². The van der Waals surface area contributed by atoms with E-state index in [1.165, 1.54) is 57.8 Å². The highest BCUT2D eigenvalue weighted by atomic mass is 32.7. The fraction of sp³-hybridized carbons (Fsp3) is 0.900. The minimum Gasteiger partial charge on any atom is -0.350 e. The van der Waals surface area contributed by atoms with Crippen LogP contribution in [0, 0.1) is 28.6 Å². The molecule has 1 saturated heterocycles. The molecule has 4 fully saturated rings. The lowest BCUT2D eigenvalue weighted by molar-refractivity contribution is -0.0479. The van der Waals surface area contributed by atoms with Crippen molar-refractivity contribution in [2.45, 2.75) is 76.4 Å². The maximum absolute atomic E-state index is 5.92. The van der Waals surface area contributed by atoms with Crippen molar-refractivity contribution in [1.82, 2.24) is 0 Å². The van der Waals surface area contributed by atoms with Gasteiger partial charge in [-0.2, -0.15) is 0 Å². The molecule has 1 nitrogen and oxygen atoms in total. The number of fused-ring (bicyclic) bond motifs is 6. The molecule has 0 N–H and O–H groups in total. The van der Waals surface area contributed by atoms with Gasteiger partial charge >= 0.3 is 0 Å². The molecule has 0 aromatic rings. The third-order valence-electron chi connectivity index (χ3n) is 8.92. The van der Waals surface area contributed by atoms with E-state index in [1.54, 1.807) is 0 Å². The second-order valence-electron chi connectivity index (χ2n) is 9.42. The van der Waals surface area contributed by atoms with Crippen molar-refractivity contribution in [3.8, 4) is 0 Å². The summed E-state index contributed by atoms with van der Waals surface area (Å²) in [7, 11) is 0.701. The van der Waals surface area contributed by atoms with Crippen LogP contribution in [0.25, 0.3) is 0 Å². The van der Waals surface area contributed by atoms with Gasteiger partial charge in [-0.05, 0) is 86.4 Å². The lowest BCUT2D eigenvalue weighted by Crippen LogP contribution is -2.53. The molecule has 1 heterocycles. The zero-order valence-electron chi connectivity index (χ0n) is 14.7. The SMILES string of the molecule is C[C@]12CCCC=C1CC[C@@H]1[C@@H]2CC[C@@]2(C)[C@H]1CCC21COPS1. The summed E-state index contributed by atoms with van der Waals surface area (Å²) >= 11 is 2.19. The van der Waals surface area contributed by atoms with Gasteiger partial charge in [0.25, 0.3) is 0 Å². The third-order valence-corrected chi connectivity index (χ3v) is 12.2. The fourth-order valence-electron chi connectivity index (χ4n) is 7.54. The molecule has 3 heteroatoms. The second-order valence-corrected chi connectivity index (χ2v) is 12.0. The maximum atomic E-state index is 5.92. The molecule has 5 aliphatic rings. The van der Waals surface area contributed by atoms with Crippen LogP contribution in [0.4, 0.5) is 0 Å². The largest absolute Gasteiger partial charge is 0.350 e. The fourth-order valence-corrected chi connectivity index (χ4v) is 11.0. The monoisotopic (exact) mass is 350 g/mol. The molecule has 0 radical (unpaired) electrons. The van der Waals surface area contributed by atoms with Crippen molar-refractivity contribution in [1.29, 1.82) is 0 Å². The Labute approximate surface area is 147 Å². The first-order valence-electron chi connectivity index (χ1n) is 9.83. The average Bonchev–Trinajstić information content (AvgIpc) is 3.14. The van der Waals surface area contributed by atoms with Gasteiger partial charge in [0.05, 0.1) is 19.4 Å². The first kappa shape index (κ1) is 15.7.